The van der Waals surface area contributed by atoms with E-state index in [0.29, 0.717) is 18.1 Å². The molecule has 3 nitrogen and oxygen atoms in total. The number of carbonyl (C=O) groups excluding carboxylic acids is 1. The van der Waals surface area contributed by atoms with Gasteiger partial charge in [0.2, 0.25) is 0 Å². The van der Waals surface area contributed by atoms with Crippen LogP contribution in [0.15, 0.2) is 29.2 Å². The molecule has 1 saturated carbocycles. The van der Waals surface area contributed by atoms with Crippen molar-refractivity contribution >= 4 is 29.3 Å². The van der Waals surface area contributed by atoms with E-state index in [-0.39, 0.29) is 5.97 Å². The average molecular weight is 300 g/mol. The lowest BCUT2D eigenvalue weighted by Crippen LogP contribution is -2.52. The van der Waals surface area contributed by atoms with Crippen molar-refractivity contribution in [2.45, 2.75) is 41.4 Å². The standard InChI is InChI=1S/C14H18ClNO2S/c1-18-13(17)14(16)8-4-5-10(9-14)19-12-7-3-2-6-11(12)15/h2-3,6-7,10H,4-5,8-9,16H2,1H3. The minimum atomic E-state index is -0.841. The molecule has 5 heteroatoms. The van der Waals surface area contributed by atoms with E-state index >= 15 is 0 Å². The van der Waals surface area contributed by atoms with Crippen LogP contribution in [0.1, 0.15) is 25.7 Å². The molecule has 0 aliphatic heterocycles. The summed E-state index contributed by atoms with van der Waals surface area (Å²) in [5, 5.41) is 1.05. The molecule has 1 aromatic rings. The number of methoxy groups -OCH3 is 1. The lowest BCUT2D eigenvalue weighted by Gasteiger charge is -2.35. The molecule has 2 N–H and O–H groups in total. The van der Waals surface area contributed by atoms with Gasteiger partial charge in [0.15, 0.2) is 0 Å². The van der Waals surface area contributed by atoms with E-state index in [4.69, 9.17) is 22.1 Å². The Balaban J connectivity index is 2.06. The summed E-state index contributed by atoms with van der Waals surface area (Å²) in [6, 6.07) is 7.75. The summed E-state index contributed by atoms with van der Waals surface area (Å²) in [6.07, 6.45) is 3.31. The smallest absolute Gasteiger partial charge is 0.325 e. The molecule has 1 aliphatic rings. The number of carbonyl (C=O) groups is 1. The van der Waals surface area contributed by atoms with Crippen molar-refractivity contribution in [2.24, 2.45) is 5.73 Å². The molecule has 0 saturated heterocycles. The van der Waals surface area contributed by atoms with Crippen molar-refractivity contribution in [3.05, 3.63) is 29.3 Å². The minimum Gasteiger partial charge on any atom is -0.468 e. The number of halogens is 1. The molecular weight excluding hydrogens is 282 g/mol. The molecule has 0 heterocycles. The highest BCUT2D eigenvalue weighted by molar-refractivity contribution is 8.00. The van der Waals surface area contributed by atoms with Crippen molar-refractivity contribution in [1.29, 1.82) is 0 Å². The van der Waals surface area contributed by atoms with E-state index in [9.17, 15) is 4.79 Å². The molecule has 0 aromatic heterocycles. The number of hydrogen-bond donors (Lipinski definition) is 1. The Bertz CT molecular complexity index is 469. The van der Waals surface area contributed by atoms with Gasteiger partial charge in [0.05, 0.1) is 12.1 Å². The second kappa shape index (κ2) is 6.16. The molecule has 19 heavy (non-hydrogen) atoms. The van der Waals surface area contributed by atoms with E-state index in [1.807, 2.05) is 24.3 Å². The highest BCUT2D eigenvalue weighted by Gasteiger charge is 2.40. The topological polar surface area (TPSA) is 52.3 Å². The second-order valence-corrected chi connectivity index (χ2v) is 6.66. The van der Waals surface area contributed by atoms with Gasteiger partial charge in [0, 0.05) is 10.1 Å². The van der Waals surface area contributed by atoms with Gasteiger partial charge in [-0.1, -0.05) is 23.7 Å². The molecule has 0 spiro atoms. The van der Waals surface area contributed by atoms with Crippen LogP contribution in [0.25, 0.3) is 0 Å². The van der Waals surface area contributed by atoms with Gasteiger partial charge in [-0.05, 0) is 37.8 Å². The third-order valence-electron chi connectivity index (χ3n) is 3.46. The molecule has 1 aromatic carbocycles. The zero-order valence-electron chi connectivity index (χ0n) is 10.9. The van der Waals surface area contributed by atoms with Gasteiger partial charge in [-0.25, -0.2) is 0 Å². The number of benzene rings is 1. The number of nitrogens with two attached hydrogens (primary N) is 1. The zero-order chi connectivity index (χ0) is 13.9. The maximum Gasteiger partial charge on any atom is 0.325 e. The predicted molar refractivity (Wildman–Crippen MR) is 78.5 cm³/mol. The Morgan fingerprint density at radius 3 is 2.95 bits per heavy atom. The van der Waals surface area contributed by atoms with Crippen LogP contribution in [0.4, 0.5) is 0 Å². The number of esters is 1. The summed E-state index contributed by atoms with van der Waals surface area (Å²) < 4.78 is 4.82. The number of rotatable bonds is 3. The highest BCUT2D eigenvalue weighted by atomic mass is 35.5. The molecule has 2 unspecified atom stereocenters. The Morgan fingerprint density at radius 1 is 1.53 bits per heavy atom. The summed E-state index contributed by atoms with van der Waals surface area (Å²) >= 11 is 7.86. The lowest BCUT2D eigenvalue weighted by atomic mass is 9.82. The average Bonchev–Trinajstić information content (AvgIpc) is 2.40. The molecule has 1 fully saturated rings. The summed E-state index contributed by atoms with van der Waals surface area (Å²) in [5.74, 6) is -0.308. The largest absolute Gasteiger partial charge is 0.468 e. The van der Waals surface area contributed by atoms with E-state index in [0.717, 1.165) is 22.8 Å². The summed E-state index contributed by atoms with van der Waals surface area (Å²) in [6.45, 7) is 0. The fourth-order valence-electron chi connectivity index (χ4n) is 2.46. The van der Waals surface area contributed by atoms with Gasteiger partial charge in [-0.15, -0.1) is 11.8 Å². The van der Waals surface area contributed by atoms with Crippen molar-refractivity contribution in [3.8, 4) is 0 Å². The zero-order valence-corrected chi connectivity index (χ0v) is 12.5. The Morgan fingerprint density at radius 2 is 2.26 bits per heavy atom. The molecular formula is C14H18ClNO2S. The number of ether oxygens (including phenoxy) is 1. The summed E-state index contributed by atoms with van der Waals surface area (Å²) in [4.78, 5) is 12.8. The van der Waals surface area contributed by atoms with Crippen LogP contribution in [0.3, 0.4) is 0 Å². The molecule has 1 aliphatic carbocycles. The first-order chi connectivity index (χ1) is 9.05. The van der Waals surface area contributed by atoms with Crippen molar-refractivity contribution < 1.29 is 9.53 Å². The second-order valence-electron chi connectivity index (χ2n) is 4.91. The third kappa shape index (κ3) is 3.44. The van der Waals surface area contributed by atoms with E-state index in [1.54, 1.807) is 11.8 Å². The van der Waals surface area contributed by atoms with Crippen molar-refractivity contribution in [2.75, 3.05) is 7.11 Å². The molecule has 0 bridgehead atoms. The van der Waals surface area contributed by atoms with Gasteiger partial charge in [0.25, 0.3) is 0 Å². The molecule has 2 rings (SSSR count). The van der Waals surface area contributed by atoms with Gasteiger partial charge in [0.1, 0.15) is 5.54 Å². The van der Waals surface area contributed by atoms with Crippen LogP contribution >= 0.6 is 23.4 Å². The first-order valence-electron chi connectivity index (χ1n) is 6.33. The maximum atomic E-state index is 11.8. The maximum absolute atomic E-state index is 11.8. The van der Waals surface area contributed by atoms with Crippen LogP contribution in [0.5, 0.6) is 0 Å². The Labute approximate surface area is 122 Å². The van der Waals surface area contributed by atoms with Crippen molar-refractivity contribution in [3.63, 3.8) is 0 Å². The minimum absolute atomic E-state index is 0.303. The van der Waals surface area contributed by atoms with Crippen LogP contribution in [-0.2, 0) is 9.53 Å². The van der Waals surface area contributed by atoms with Crippen molar-refractivity contribution in [1.82, 2.24) is 0 Å². The fourth-order valence-corrected chi connectivity index (χ4v) is 4.10. The van der Waals surface area contributed by atoms with Crippen LogP contribution in [0, 0.1) is 0 Å². The quantitative estimate of drug-likeness (QED) is 0.871. The Kier molecular flexibility index (Phi) is 4.76. The lowest BCUT2D eigenvalue weighted by molar-refractivity contribution is -0.148. The molecule has 0 amide bonds. The van der Waals surface area contributed by atoms with E-state index in [1.165, 1.54) is 7.11 Å². The Hall–Kier alpha value is -0.710. The van der Waals surface area contributed by atoms with Crippen LogP contribution in [-0.4, -0.2) is 23.9 Å². The molecule has 0 radical (unpaired) electrons. The van der Waals surface area contributed by atoms with E-state index in [2.05, 4.69) is 0 Å². The summed E-state index contributed by atoms with van der Waals surface area (Å²) in [7, 11) is 1.39. The van der Waals surface area contributed by atoms with Gasteiger partial charge >= 0.3 is 5.97 Å². The predicted octanol–water partition coefficient (Wildman–Crippen LogP) is 3.25. The first kappa shape index (κ1) is 14.7. The fraction of sp³-hybridized carbons (Fsp3) is 0.500. The SMILES string of the molecule is COC(=O)C1(N)CCCC(Sc2ccccc2Cl)C1. The number of thioether (sulfide) groups is 1. The van der Waals surface area contributed by atoms with Crippen LogP contribution in [0.2, 0.25) is 5.02 Å². The third-order valence-corrected chi connectivity index (χ3v) is 5.25. The van der Waals surface area contributed by atoms with Gasteiger partial charge in [-0.2, -0.15) is 0 Å². The first-order valence-corrected chi connectivity index (χ1v) is 7.59. The normalized spacial score (nSPS) is 27.0. The van der Waals surface area contributed by atoms with E-state index < -0.39 is 5.54 Å². The van der Waals surface area contributed by atoms with Gasteiger partial charge < -0.3 is 10.5 Å². The van der Waals surface area contributed by atoms with Crippen LogP contribution < -0.4 is 5.73 Å². The highest BCUT2D eigenvalue weighted by Crippen LogP contribution is 2.39. The summed E-state index contributed by atoms with van der Waals surface area (Å²) in [5.41, 5.74) is 5.33. The number of hydrogen-bond acceptors (Lipinski definition) is 4. The molecule has 104 valence electrons. The van der Waals surface area contributed by atoms with Gasteiger partial charge in [-0.3, -0.25) is 4.79 Å². The molecule has 2 atom stereocenters. The monoisotopic (exact) mass is 299 g/mol.